The summed E-state index contributed by atoms with van der Waals surface area (Å²) in [7, 11) is 0. The Morgan fingerprint density at radius 3 is 2.42 bits per heavy atom. The van der Waals surface area contributed by atoms with Gasteiger partial charge in [0.2, 0.25) is 0 Å². The SMILES string of the molecule is Cc1cc(C)n(-c2cc(N3CCN(C(=O)Nc4cccc(OC(F)F)c4)CC3)nc(C)n2)n1. The van der Waals surface area contributed by atoms with E-state index in [4.69, 9.17) is 0 Å². The highest BCUT2D eigenvalue weighted by molar-refractivity contribution is 5.89. The van der Waals surface area contributed by atoms with Crippen molar-refractivity contribution in [2.24, 2.45) is 0 Å². The van der Waals surface area contributed by atoms with Gasteiger partial charge in [0.05, 0.1) is 5.69 Å². The maximum atomic E-state index is 12.6. The van der Waals surface area contributed by atoms with E-state index in [1.54, 1.807) is 21.7 Å². The Labute approximate surface area is 190 Å². The molecular formula is C22H25F2N7O2. The molecule has 0 aliphatic carbocycles. The number of hydrogen-bond acceptors (Lipinski definition) is 6. The third-order valence-corrected chi connectivity index (χ3v) is 5.24. The predicted octanol–water partition coefficient (Wildman–Crippen LogP) is 3.54. The average molecular weight is 457 g/mol. The molecule has 1 aromatic carbocycles. The number of hydrogen-bond donors (Lipinski definition) is 1. The molecule has 1 saturated heterocycles. The Balaban J connectivity index is 1.40. The van der Waals surface area contributed by atoms with Gasteiger partial charge >= 0.3 is 12.6 Å². The minimum absolute atomic E-state index is 0.00910. The molecule has 3 aromatic rings. The summed E-state index contributed by atoms with van der Waals surface area (Å²) in [5.74, 6) is 2.11. The molecule has 11 heteroatoms. The van der Waals surface area contributed by atoms with Gasteiger partial charge in [0.25, 0.3) is 0 Å². The topological polar surface area (TPSA) is 88.4 Å². The molecule has 1 fully saturated rings. The molecule has 174 valence electrons. The quantitative estimate of drug-likeness (QED) is 0.631. The van der Waals surface area contributed by atoms with Gasteiger partial charge in [-0.3, -0.25) is 0 Å². The van der Waals surface area contributed by atoms with E-state index in [0.29, 0.717) is 43.5 Å². The number of alkyl halides is 2. The molecule has 2 aromatic heterocycles. The number of carbonyl (C=O) groups excluding carboxylic acids is 1. The standard InChI is InChI=1S/C22H25F2N7O2/c1-14-11-15(2)31(28-14)20-13-19(25-16(3)26-20)29-7-9-30(10-8-29)22(32)27-17-5-4-6-18(12-17)33-21(23)24/h4-6,11-13,21H,7-10H2,1-3H3,(H,27,32). The van der Waals surface area contributed by atoms with Crippen molar-refractivity contribution in [1.82, 2.24) is 24.6 Å². The summed E-state index contributed by atoms with van der Waals surface area (Å²) in [6, 6.07) is 9.53. The monoisotopic (exact) mass is 457 g/mol. The van der Waals surface area contributed by atoms with Crippen molar-refractivity contribution in [3.05, 3.63) is 53.6 Å². The molecule has 2 amide bonds. The number of benzene rings is 1. The van der Waals surface area contributed by atoms with E-state index in [0.717, 1.165) is 17.2 Å². The molecule has 0 bridgehead atoms. The summed E-state index contributed by atoms with van der Waals surface area (Å²) in [5.41, 5.74) is 2.29. The molecule has 1 aliphatic heterocycles. The van der Waals surface area contributed by atoms with Gasteiger partial charge in [-0.25, -0.2) is 19.4 Å². The van der Waals surface area contributed by atoms with Crippen molar-refractivity contribution in [1.29, 1.82) is 0 Å². The van der Waals surface area contributed by atoms with Gasteiger partial charge in [0, 0.05) is 49.7 Å². The number of piperazine rings is 1. The number of anilines is 2. The lowest BCUT2D eigenvalue weighted by atomic mass is 10.3. The highest BCUT2D eigenvalue weighted by atomic mass is 19.3. The van der Waals surface area contributed by atoms with Gasteiger partial charge < -0.3 is 19.9 Å². The van der Waals surface area contributed by atoms with Crippen molar-refractivity contribution in [2.75, 3.05) is 36.4 Å². The van der Waals surface area contributed by atoms with E-state index in [1.807, 2.05) is 32.9 Å². The van der Waals surface area contributed by atoms with E-state index < -0.39 is 6.61 Å². The second-order valence-corrected chi connectivity index (χ2v) is 7.78. The number of urea groups is 1. The molecule has 0 saturated carbocycles. The van der Waals surface area contributed by atoms with Crippen LogP contribution in [-0.2, 0) is 0 Å². The third-order valence-electron chi connectivity index (χ3n) is 5.24. The Hall–Kier alpha value is -3.76. The van der Waals surface area contributed by atoms with Crippen LogP contribution in [0.25, 0.3) is 5.82 Å². The summed E-state index contributed by atoms with van der Waals surface area (Å²) < 4.78 is 31.0. The number of aryl methyl sites for hydroxylation is 3. The number of nitrogens with one attached hydrogen (secondary N) is 1. The molecule has 1 N–H and O–H groups in total. The minimum Gasteiger partial charge on any atom is -0.435 e. The molecule has 33 heavy (non-hydrogen) atoms. The maximum Gasteiger partial charge on any atom is 0.387 e. The number of carbonyl (C=O) groups is 1. The first-order valence-electron chi connectivity index (χ1n) is 10.5. The molecular weight excluding hydrogens is 432 g/mol. The lowest BCUT2D eigenvalue weighted by molar-refractivity contribution is -0.0498. The van der Waals surface area contributed by atoms with Crippen LogP contribution in [0.15, 0.2) is 36.4 Å². The molecule has 0 atom stereocenters. The fraction of sp³-hybridized carbons (Fsp3) is 0.364. The molecule has 0 unspecified atom stereocenters. The number of amides is 2. The second kappa shape index (κ2) is 9.39. The first-order chi connectivity index (χ1) is 15.8. The summed E-state index contributed by atoms with van der Waals surface area (Å²) in [6.45, 7) is 4.98. The summed E-state index contributed by atoms with van der Waals surface area (Å²) in [6.07, 6.45) is 0. The zero-order valence-corrected chi connectivity index (χ0v) is 18.6. The number of halogens is 2. The highest BCUT2D eigenvalue weighted by Crippen LogP contribution is 2.21. The van der Waals surface area contributed by atoms with Gasteiger partial charge in [-0.15, -0.1) is 0 Å². The van der Waals surface area contributed by atoms with E-state index in [9.17, 15) is 13.6 Å². The molecule has 0 spiro atoms. The summed E-state index contributed by atoms with van der Waals surface area (Å²) in [4.78, 5) is 25.5. The summed E-state index contributed by atoms with van der Waals surface area (Å²) in [5, 5.41) is 7.24. The van der Waals surface area contributed by atoms with E-state index in [1.165, 1.54) is 12.1 Å². The van der Waals surface area contributed by atoms with Crippen LogP contribution in [0.2, 0.25) is 0 Å². The summed E-state index contributed by atoms with van der Waals surface area (Å²) >= 11 is 0. The van der Waals surface area contributed by atoms with Crippen molar-refractivity contribution in [3.8, 4) is 11.6 Å². The van der Waals surface area contributed by atoms with Gasteiger partial charge in [-0.2, -0.15) is 13.9 Å². The van der Waals surface area contributed by atoms with Crippen LogP contribution >= 0.6 is 0 Å². The van der Waals surface area contributed by atoms with E-state index in [2.05, 4.69) is 30.0 Å². The number of rotatable bonds is 5. The van der Waals surface area contributed by atoms with Crippen LogP contribution in [0.1, 0.15) is 17.2 Å². The smallest absolute Gasteiger partial charge is 0.387 e. The largest absolute Gasteiger partial charge is 0.435 e. The number of aromatic nitrogens is 4. The number of ether oxygens (including phenoxy) is 1. The molecule has 4 rings (SSSR count). The molecule has 1 aliphatic rings. The van der Waals surface area contributed by atoms with Crippen LogP contribution in [-0.4, -0.2) is 63.5 Å². The zero-order chi connectivity index (χ0) is 23.5. The van der Waals surface area contributed by atoms with E-state index in [-0.39, 0.29) is 11.8 Å². The lowest BCUT2D eigenvalue weighted by Crippen LogP contribution is -2.50. The molecule has 3 heterocycles. The van der Waals surface area contributed by atoms with Gasteiger partial charge in [0.1, 0.15) is 17.4 Å². The Morgan fingerprint density at radius 2 is 1.76 bits per heavy atom. The van der Waals surface area contributed by atoms with Crippen molar-refractivity contribution in [3.63, 3.8) is 0 Å². The fourth-order valence-corrected chi connectivity index (χ4v) is 3.76. The lowest BCUT2D eigenvalue weighted by Gasteiger charge is -2.35. The third kappa shape index (κ3) is 5.36. The zero-order valence-electron chi connectivity index (χ0n) is 18.6. The van der Waals surface area contributed by atoms with Crippen LogP contribution in [0, 0.1) is 20.8 Å². The van der Waals surface area contributed by atoms with Crippen molar-refractivity contribution < 1.29 is 18.3 Å². The van der Waals surface area contributed by atoms with Crippen LogP contribution in [0.4, 0.5) is 25.1 Å². The van der Waals surface area contributed by atoms with Crippen LogP contribution in [0.5, 0.6) is 5.75 Å². The van der Waals surface area contributed by atoms with Gasteiger partial charge in [0.15, 0.2) is 5.82 Å². The first kappa shape index (κ1) is 22.4. The van der Waals surface area contributed by atoms with Gasteiger partial charge in [-0.1, -0.05) is 6.07 Å². The first-order valence-corrected chi connectivity index (χ1v) is 10.5. The van der Waals surface area contributed by atoms with Crippen LogP contribution in [0.3, 0.4) is 0 Å². The van der Waals surface area contributed by atoms with E-state index >= 15 is 0 Å². The van der Waals surface area contributed by atoms with Gasteiger partial charge in [-0.05, 0) is 39.0 Å². The predicted molar refractivity (Wildman–Crippen MR) is 119 cm³/mol. The molecule has 9 nitrogen and oxygen atoms in total. The van der Waals surface area contributed by atoms with Crippen LogP contribution < -0.4 is 15.0 Å². The molecule has 0 radical (unpaired) electrons. The minimum atomic E-state index is -2.92. The van der Waals surface area contributed by atoms with Crippen molar-refractivity contribution in [2.45, 2.75) is 27.4 Å². The van der Waals surface area contributed by atoms with Crippen molar-refractivity contribution >= 4 is 17.5 Å². The second-order valence-electron chi connectivity index (χ2n) is 7.78. The Kier molecular flexibility index (Phi) is 6.38. The fourth-order valence-electron chi connectivity index (χ4n) is 3.76. The Morgan fingerprint density at radius 1 is 1.03 bits per heavy atom. The Bertz CT molecular complexity index is 1140. The normalized spacial score (nSPS) is 14.0. The maximum absolute atomic E-state index is 12.6. The number of nitrogens with zero attached hydrogens (tertiary/aromatic N) is 6. The highest BCUT2D eigenvalue weighted by Gasteiger charge is 2.23. The average Bonchev–Trinajstić information content (AvgIpc) is 3.11.